The van der Waals surface area contributed by atoms with Crippen LogP contribution in [0.5, 0.6) is 0 Å². The third-order valence-electron chi connectivity index (χ3n) is 1.85. The van der Waals surface area contributed by atoms with Gasteiger partial charge in [0.15, 0.2) is 0 Å². The van der Waals surface area contributed by atoms with E-state index in [-0.39, 0.29) is 17.9 Å². The average molecular weight is 177 g/mol. The van der Waals surface area contributed by atoms with Gasteiger partial charge in [-0.15, -0.1) is 0 Å². The van der Waals surface area contributed by atoms with Crippen molar-refractivity contribution in [1.29, 1.82) is 0 Å². The summed E-state index contributed by atoms with van der Waals surface area (Å²) in [6, 6.07) is -0.255. The smallest absolute Gasteiger partial charge is 0.407 e. The number of nitrogens with zero attached hydrogens (tertiary/aromatic N) is 1. The minimum Gasteiger partial charge on any atom is -0.465 e. The van der Waals surface area contributed by atoms with E-state index in [0.717, 1.165) is 0 Å². The quantitative estimate of drug-likeness (QED) is 0.495. The number of amides is 1. The summed E-state index contributed by atoms with van der Waals surface area (Å²) in [6.07, 6.45) is -0.327. The van der Waals surface area contributed by atoms with Crippen LogP contribution in [0.1, 0.15) is 6.42 Å². The van der Waals surface area contributed by atoms with E-state index in [4.69, 9.17) is 10.2 Å². The van der Waals surface area contributed by atoms with E-state index in [0.29, 0.717) is 13.0 Å². The summed E-state index contributed by atoms with van der Waals surface area (Å²) in [5.41, 5.74) is 0. The molecular weight excluding hydrogens is 166 g/mol. The first-order valence-corrected chi connectivity index (χ1v) is 3.95. The molecule has 2 N–H and O–H groups in total. The zero-order chi connectivity index (χ0) is 8.43. The largest absolute Gasteiger partial charge is 0.465 e. The van der Waals surface area contributed by atoms with E-state index >= 15 is 0 Å². The Morgan fingerprint density at radius 1 is 1.73 bits per heavy atom. The van der Waals surface area contributed by atoms with Crippen LogP contribution in [0.2, 0.25) is 0 Å². The second kappa shape index (κ2) is 3.32. The van der Waals surface area contributed by atoms with Crippen LogP contribution in [0.15, 0.2) is 0 Å². The van der Waals surface area contributed by atoms with Gasteiger partial charge in [0.1, 0.15) is 0 Å². The Labute approximate surface area is 70.2 Å². The minimum atomic E-state index is -0.972. The monoisotopic (exact) mass is 177 g/mol. The molecule has 2 atom stereocenters. The summed E-state index contributed by atoms with van der Waals surface area (Å²) in [4.78, 5) is 11.7. The molecule has 1 amide bonds. The van der Waals surface area contributed by atoms with Gasteiger partial charge in [-0.3, -0.25) is 0 Å². The molecule has 1 fully saturated rings. The van der Waals surface area contributed by atoms with Crippen molar-refractivity contribution in [2.24, 2.45) is 0 Å². The lowest BCUT2D eigenvalue weighted by atomic mass is 10.2. The van der Waals surface area contributed by atoms with Crippen molar-refractivity contribution in [3.8, 4) is 0 Å². The fourth-order valence-corrected chi connectivity index (χ4v) is 1.72. The Morgan fingerprint density at radius 3 is 2.73 bits per heavy atom. The normalized spacial score (nSPS) is 30.9. The van der Waals surface area contributed by atoms with Crippen LogP contribution in [-0.4, -0.2) is 45.6 Å². The minimum absolute atomic E-state index is 0.0725. The van der Waals surface area contributed by atoms with Gasteiger partial charge < -0.3 is 15.1 Å². The molecule has 1 heterocycles. The number of aliphatic hydroxyl groups is 1. The van der Waals surface area contributed by atoms with Crippen molar-refractivity contribution >= 4 is 18.7 Å². The lowest BCUT2D eigenvalue weighted by Gasteiger charge is -2.18. The lowest BCUT2D eigenvalue weighted by molar-refractivity contribution is 0.118. The van der Waals surface area contributed by atoms with E-state index in [1.54, 1.807) is 0 Å². The molecule has 4 nitrogen and oxygen atoms in total. The number of thiol groups is 1. The summed E-state index contributed by atoms with van der Waals surface area (Å²) in [5.74, 6) is 0. The van der Waals surface area contributed by atoms with Crippen molar-refractivity contribution in [3.05, 3.63) is 0 Å². The van der Waals surface area contributed by atoms with E-state index in [9.17, 15) is 4.79 Å². The molecule has 1 aliphatic rings. The topological polar surface area (TPSA) is 60.8 Å². The second-order valence-corrected chi connectivity index (χ2v) is 3.39. The predicted molar refractivity (Wildman–Crippen MR) is 43.0 cm³/mol. The van der Waals surface area contributed by atoms with Gasteiger partial charge in [-0.05, 0) is 6.42 Å². The molecule has 11 heavy (non-hydrogen) atoms. The van der Waals surface area contributed by atoms with Crippen LogP contribution in [0, 0.1) is 0 Å². The molecule has 0 bridgehead atoms. The summed E-state index contributed by atoms with van der Waals surface area (Å²) >= 11 is 4.14. The Kier molecular flexibility index (Phi) is 2.62. The number of hydrogen-bond acceptors (Lipinski definition) is 3. The molecule has 0 radical (unpaired) electrons. The third kappa shape index (κ3) is 1.78. The van der Waals surface area contributed by atoms with Gasteiger partial charge >= 0.3 is 6.09 Å². The third-order valence-corrected chi connectivity index (χ3v) is 2.22. The number of aliphatic hydroxyl groups excluding tert-OH is 1. The maximum absolute atomic E-state index is 10.5. The van der Waals surface area contributed by atoms with Gasteiger partial charge in [-0.1, -0.05) is 0 Å². The van der Waals surface area contributed by atoms with Gasteiger partial charge in [0.05, 0.1) is 12.6 Å². The molecule has 0 spiro atoms. The highest BCUT2D eigenvalue weighted by Gasteiger charge is 2.32. The highest BCUT2D eigenvalue weighted by Crippen LogP contribution is 2.20. The maximum atomic E-state index is 10.5. The molecule has 5 heteroatoms. The first-order chi connectivity index (χ1) is 5.15. The number of likely N-dealkylation sites (tertiary alicyclic amines) is 1. The molecule has 0 aromatic carbocycles. The first kappa shape index (κ1) is 8.67. The van der Waals surface area contributed by atoms with Crippen LogP contribution in [0.4, 0.5) is 4.79 Å². The highest BCUT2D eigenvalue weighted by atomic mass is 32.1. The number of hydrogen-bond donors (Lipinski definition) is 3. The van der Waals surface area contributed by atoms with E-state index in [1.165, 1.54) is 4.90 Å². The molecule has 0 aromatic heterocycles. The van der Waals surface area contributed by atoms with Crippen LogP contribution in [0.3, 0.4) is 0 Å². The Hall–Kier alpha value is -0.420. The summed E-state index contributed by atoms with van der Waals surface area (Å²) in [5, 5.41) is 17.5. The Morgan fingerprint density at radius 2 is 2.36 bits per heavy atom. The zero-order valence-corrected chi connectivity index (χ0v) is 6.87. The Balaban J connectivity index is 2.57. The molecule has 64 valence electrons. The van der Waals surface area contributed by atoms with Crippen molar-refractivity contribution in [1.82, 2.24) is 4.90 Å². The molecule has 0 saturated carbocycles. The molecule has 0 aliphatic carbocycles. The van der Waals surface area contributed by atoms with Crippen molar-refractivity contribution < 1.29 is 15.0 Å². The molecule has 0 unspecified atom stereocenters. The van der Waals surface area contributed by atoms with Crippen molar-refractivity contribution in [2.75, 3.05) is 13.2 Å². The molecular formula is C6H11NO3S. The standard InChI is InChI=1S/C6H11NO3S/c8-3-4-1-5(11)2-7(4)6(9)10/h4-5,8,11H,1-3H2,(H,9,10)/t4-,5+/m0/s1. The van der Waals surface area contributed by atoms with Crippen LogP contribution in [-0.2, 0) is 0 Å². The van der Waals surface area contributed by atoms with Gasteiger partial charge in [-0.2, -0.15) is 12.6 Å². The van der Waals surface area contributed by atoms with Crippen LogP contribution >= 0.6 is 12.6 Å². The highest BCUT2D eigenvalue weighted by molar-refractivity contribution is 7.81. The van der Waals surface area contributed by atoms with E-state index in [2.05, 4.69) is 12.6 Å². The van der Waals surface area contributed by atoms with E-state index in [1.807, 2.05) is 0 Å². The summed E-state index contributed by atoms with van der Waals surface area (Å²) in [6.45, 7) is 0.313. The number of carboxylic acid groups (broad SMARTS) is 1. The van der Waals surface area contributed by atoms with Crippen LogP contribution < -0.4 is 0 Å². The van der Waals surface area contributed by atoms with Crippen molar-refractivity contribution in [3.63, 3.8) is 0 Å². The van der Waals surface area contributed by atoms with E-state index < -0.39 is 6.09 Å². The molecule has 1 saturated heterocycles. The number of rotatable bonds is 1. The summed E-state index contributed by atoms with van der Waals surface area (Å²) in [7, 11) is 0. The zero-order valence-electron chi connectivity index (χ0n) is 5.97. The van der Waals surface area contributed by atoms with Crippen molar-refractivity contribution in [2.45, 2.75) is 17.7 Å². The van der Waals surface area contributed by atoms with Gasteiger partial charge in [0.25, 0.3) is 0 Å². The number of carbonyl (C=O) groups is 1. The van der Waals surface area contributed by atoms with Gasteiger partial charge in [0, 0.05) is 11.8 Å². The lowest BCUT2D eigenvalue weighted by Crippen LogP contribution is -2.36. The van der Waals surface area contributed by atoms with Gasteiger partial charge in [0.2, 0.25) is 0 Å². The summed E-state index contributed by atoms with van der Waals surface area (Å²) < 4.78 is 0. The average Bonchev–Trinajstić information content (AvgIpc) is 2.30. The fraction of sp³-hybridized carbons (Fsp3) is 0.833. The van der Waals surface area contributed by atoms with Crippen LogP contribution in [0.25, 0.3) is 0 Å². The van der Waals surface area contributed by atoms with Gasteiger partial charge in [-0.25, -0.2) is 4.79 Å². The Bertz CT molecular complexity index is 164. The molecule has 1 rings (SSSR count). The second-order valence-electron chi connectivity index (χ2n) is 2.66. The first-order valence-electron chi connectivity index (χ1n) is 3.43. The maximum Gasteiger partial charge on any atom is 0.407 e. The molecule has 0 aromatic rings. The SMILES string of the molecule is O=C(O)N1C[C@H](S)C[C@H]1CO. The predicted octanol–water partition coefficient (Wildman–Crippen LogP) is 0.0294. The molecule has 1 aliphatic heterocycles. The fourth-order valence-electron chi connectivity index (χ4n) is 1.30.